The van der Waals surface area contributed by atoms with Crippen LogP contribution in [0.25, 0.3) is 0 Å². The van der Waals surface area contributed by atoms with Crippen molar-refractivity contribution in [2.24, 2.45) is 0 Å². The molecule has 39 heavy (non-hydrogen) atoms. The Morgan fingerprint density at radius 2 is 0.872 bits per heavy atom. The second kappa shape index (κ2) is 27.4. The number of hydrogen-bond acceptors (Lipinski definition) is 1. The minimum absolute atomic E-state index is 0.590. The molecule has 2 heteroatoms. The summed E-state index contributed by atoms with van der Waals surface area (Å²) in [5, 5.41) is 0. The van der Waals surface area contributed by atoms with Gasteiger partial charge in [-0.15, -0.1) is 0 Å². The van der Waals surface area contributed by atoms with Crippen LogP contribution in [-0.4, -0.2) is 9.55 Å². The summed E-state index contributed by atoms with van der Waals surface area (Å²) in [6.07, 6.45) is 43.9. The average molecular weight is 545 g/mol. The lowest BCUT2D eigenvalue weighted by Crippen LogP contribution is -2.13. The topological polar surface area (TPSA) is 17.8 Å². The Bertz CT molecular complexity index is 606. The molecule has 0 saturated carbocycles. The van der Waals surface area contributed by atoms with Crippen LogP contribution >= 0.6 is 0 Å². The second-order valence-electron chi connectivity index (χ2n) is 12.9. The van der Waals surface area contributed by atoms with Gasteiger partial charge in [-0.05, 0) is 26.2 Å². The highest BCUT2D eigenvalue weighted by Crippen LogP contribution is 2.30. The molecular weight excluding hydrogens is 472 g/mol. The fourth-order valence-electron chi connectivity index (χ4n) is 6.42. The molecule has 0 radical (unpaired) electrons. The van der Waals surface area contributed by atoms with E-state index in [0.717, 1.165) is 0 Å². The van der Waals surface area contributed by atoms with Crippen LogP contribution in [0, 0.1) is 0 Å². The largest absolute Gasteiger partial charge is 0.332 e. The minimum atomic E-state index is 0.590. The molecule has 1 rings (SSSR count). The van der Waals surface area contributed by atoms with Gasteiger partial charge in [0.2, 0.25) is 0 Å². The number of rotatable bonds is 30. The zero-order chi connectivity index (χ0) is 28.2. The molecule has 2 nitrogen and oxygen atoms in total. The van der Waals surface area contributed by atoms with Gasteiger partial charge in [0, 0.05) is 24.4 Å². The molecule has 1 heterocycles. The van der Waals surface area contributed by atoms with Crippen molar-refractivity contribution in [1.82, 2.24) is 9.55 Å². The maximum absolute atomic E-state index is 4.90. The van der Waals surface area contributed by atoms with E-state index in [1.807, 2.05) is 0 Å². The van der Waals surface area contributed by atoms with Crippen molar-refractivity contribution in [2.75, 3.05) is 0 Å². The molecule has 0 amide bonds. The molecule has 1 aromatic heterocycles. The lowest BCUT2D eigenvalue weighted by atomic mass is 9.94. The van der Waals surface area contributed by atoms with Gasteiger partial charge in [-0.2, -0.15) is 0 Å². The maximum atomic E-state index is 4.90. The summed E-state index contributed by atoms with van der Waals surface area (Å²) in [4.78, 5) is 4.90. The summed E-state index contributed by atoms with van der Waals surface area (Å²) < 4.78 is 2.54. The Hall–Kier alpha value is -0.790. The first-order valence-corrected chi connectivity index (χ1v) is 18.3. The van der Waals surface area contributed by atoms with Gasteiger partial charge >= 0.3 is 0 Å². The SMILES string of the molecule is CCCCCCCCCCCCCCCCCC(C)n1ccnc1C(CCC)CCCCCCCCCCC. The number of nitrogens with zero attached hydrogens (tertiary/aromatic N) is 2. The number of unbranched alkanes of at least 4 members (excludes halogenated alkanes) is 22. The first-order chi connectivity index (χ1) is 19.2. The Kier molecular flexibility index (Phi) is 25.4. The van der Waals surface area contributed by atoms with Crippen molar-refractivity contribution in [3.05, 3.63) is 18.2 Å². The zero-order valence-electron chi connectivity index (χ0n) is 27.5. The highest BCUT2D eigenvalue weighted by atomic mass is 15.1. The van der Waals surface area contributed by atoms with Gasteiger partial charge in [0.15, 0.2) is 0 Å². The molecule has 0 N–H and O–H groups in total. The fourth-order valence-corrected chi connectivity index (χ4v) is 6.42. The van der Waals surface area contributed by atoms with E-state index in [4.69, 9.17) is 4.98 Å². The van der Waals surface area contributed by atoms with Crippen LogP contribution in [0.2, 0.25) is 0 Å². The first-order valence-electron chi connectivity index (χ1n) is 18.3. The zero-order valence-corrected chi connectivity index (χ0v) is 27.5. The van der Waals surface area contributed by atoms with Gasteiger partial charge in [0.25, 0.3) is 0 Å². The fraction of sp³-hybridized carbons (Fsp3) is 0.919. The van der Waals surface area contributed by atoms with Crippen LogP contribution in [0.4, 0.5) is 0 Å². The molecule has 1 aromatic rings. The monoisotopic (exact) mass is 545 g/mol. The van der Waals surface area contributed by atoms with Crippen molar-refractivity contribution in [3.8, 4) is 0 Å². The van der Waals surface area contributed by atoms with Gasteiger partial charge < -0.3 is 4.57 Å². The number of imidazole rings is 1. The molecule has 0 aliphatic rings. The van der Waals surface area contributed by atoms with E-state index in [0.29, 0.717) is 12.0 Å². The molecule has 0 aromatic carbocycles. The molecule has 0 fully saturated rings. The predicted molar refractivity (Wildman–Crippen MR) is 176 cm³/mol. The predicted octanol–water partition coefficient (Wildman–Crippen LogP) is 13.5. The standard InChI is InChI=1S/C37H72N2/c1-5-8-10-12-14-16-17-18-19-20-21-23-24-26-28-31-35(4)39-34-33-38-37(39)36(30-7-3)32-29-27-25-22-15-13-11-9-6-2/h33-36H,5-32H2,1-4H3. The smallest absolute Gasteiger partial charge is 0.111 e. The highest BCUT2D eigenvalue weighted by molar-refractivity contribution is 5.02. The van der Waals surface area contributed by atoms with Crippen LogP contribution in [0.1, 0.15) is 225 Å². The van der Waals surface area contributed by atoms with Crippen molar-refractivity contribution in [3.63, 3.8) is 0 Å². The summed E-state index contributed by atoms with van der Waals surface area (Å²) >= 11 is 0. The van der Waals surface area contributed by atoms with Crippen LogP contribution in [0.15, 0.2) is 12.4 Å². The molecular formula is C37H72N2. The first kappa shape index (κ1) is 36.2. The van der Waals surface area contributed by atoms with E-state index in [2.05, 4.69) is 44.7 Å². The van der Waals surface area contributed by atoms with Crippen LogP contribution in [-0.2, 0) is 0 Å². The number of hydrogen-bond donors (Lipinski definition) is 0. The third-order valence-corrected chi connectivity index (χ3v) is 9.06. The Labute approximate surface area is 246 Å². The summed E-state index contributed by atoms with van der Waals surface area (Å²) in [6, 6.07) is 0.590. The molecule has 230 valence electrons. The average Bonchev–Trinajstić information content (AvgIpc) is 3.43. The Morgan fingerprint density at radius 3 is 1.28 bits per heavy atom. The lowest BCUT2D eigenvalue weighted by Gasteiger charge is -2.22. The van der Waals surface area contributed by atoms with Gasteiger partial charge in [0.05, 0.1) is 0 Å². The molecule has 0 bridgehead atoms. The molecule has 2 unspecified atom stereocenters. The quantitative estimate of drug-likeness (QED) is 0.0880. The van der Waals surface area contributed by atoms with E-state index >= 15 is 0 Å². The molecule has 0 aliphatic carbocycles. The highest BCUT2D eigenvalue weighted by Gasteiger charge is 2.18. The maximum Gasteiger partial charge on any atom is 0.111 e. The third-order valence-electron chi connectivity index (χ3n) is 9.06. The van der Waals surface area contributed by atoms with E-state index in [1.54, 1.807) is 0 Å². The van der Waals surface area contributed by atoms with E-state index in [-0.39, 0.29) is 0 Å². The van der Waals surface area contributed by atoms with E-state index < -0.39 is 0 Å². The van der Waals surface area contributed by atoms with Crippen molar-refractivity contribution in [2.45, 2.75) is 219 Å². The Morgan fingerprint density at radius 1 is 0.487 bits per heavy atom. The van der Waals surface area contributed by atoms with E-state index in [1.165, 1.54) is 186 Å². The van der Waals surface area contributed by atoms with E-state index in [9.17, 15) is 0 Å². The minimum Gasteiger partial charge on any atom is -0.332 e. The van der Waals surface area contributed by atoms with Crippen LogP contribution in [0.5, 0.6) is 0 Å². The lowest BCUT2D eigenvalue weighted by molar-refractivity contribution is 0.419. The van der Waals surface area contributed by atoms with Gasteiger partial charge in [-0.3, -0.25) is 0 Å². The summed E-state index contributed by atoms with van der Waals surface area (Å²) in [5.74, 6) is 2.03. The normalized spacial score (nSPS) is 13.2. The van der Waals surface area contributed by atoms with Crippen molar-refractivity contribution < 1.29 is 0 Å². The summed E-state index contributed by atoms with van der Waals surface area (Å²) in [6.45, 7) is 9.38. The van der Waals surface area contributed by atoms with Gasteiger partial charge in [0.1, 0.15) is 5.82 Å². The molecule has 0 aliphatic heterocycles. The molecule has 2 atom stereocenters. The van der Waals surface area contributed by atoms with Crippen LogP contribution < -0.4 is 0 Å². The van der Waals surface area contributed by atoms with Crippen molar-refractivity contribution >= 4 is 0 Å². The summed E-state index contributed by atoms with van der Waals surface area (Å²) in [5.41, 5.74) is 0. The molecule has 0 spiro atoms. The second-order valence-corrected chi connectivity index (χ2v) is 12.9. The van der Waals surface area contributed by atoms with Gasteiger partial charge in [-0.25, -0.2) is 4.98 Å². The molecule has 0 saturated heterocycles. The summed E-state index contributed by atoms with van der Waals surface area (Å²) in [7, 11) is 0. The third kappa shape index (κ3) is 19.8. The Balaban J connectivity index is 2.13. The van der Waals surface area contributed by atoms with Gasteiger partial charge in [-0.1, -0.05) is 181 Å². The van der Waals surface area contributed by atoms with Crippen molar-refractivity contribution in [1.29, 1.82) is 0 Å². The number of aromatic nitrogens is 2. The van der Waals surface area contributed by atoms with Crippen LogP contribution in [0.3, 0.4) is 0 Å².